The quantitative estimate of drug-likeness (QED) is 0.860. The molecule has 20 heavy (non-hydrogen) atoms. The third-order valence-corrected chi connectivity index (χ3v) is 3.90. The first-order valence-electron chi connectivity index (χ1n) is 6.77. The van der Waals surface area contributed by atoms with Crippen LogP contribution in [0.1, 0.15) is 19.8 Å². The lowest BCUT2D eigenvalue weighted by Gasteiger charge is -2.21. The summed E-state index contributed by atoms with van der Waals surface area (Å²) >= 11 is 1.45. The number of nitrogens with zero attached hydrogens (tertiary/aromatic N) is 2. The molecule has 0 fully saturated rings. The van der Waals surface area contributed by atoms with Gasteiger partial charge in [-0.05, 0) is 18.6 Å². The number of aliphatic hydroxyl groups is 1. The van der Waals surface area contributed by atoms with Gasteiger partial charge < -0.3 is 10.0 Å². The molecule has 6 heteroatoms. The fourth-order valence-corrected chi connectivity index (χ4v) is 2.74. The molecule has 0 atom stereocenters. The van der Waals surface area contributed by atoms with Gasteiger partial charge >= 0.3 is 6.03 Å². The van der Waals surface area contributed by atoms with Crippen LogP contribution in [0, 0.1) is 0 Å². The summed E-state index contributed by atoms with van der Waals surface area (Å²) in [5.41, 5.74) is 0.884. The average molecular weight is 293 g/mol. The fraction of sp³-hybridized carbons (Fsp3) is 0.429. The van der Waals surface area contributed by atoms with Crippen LogP contribution in [0.3, 0.4) is 0 Å². The van der Waals surface area contributed by atoms with E-state index >= 15 is 0 Å². The first-order chi connectivity index (χ1) is 9.74. The van der Waals surface area contributed by atoms with E-state index < -0.39 is 0 Å². The van der Waals surface area contributed by atoms with Gasteiger partial charge in [0.15, 0.2) is 5.13 Å². The highest BCUT2D eigenvalue weighted by Gasteiger charge is 2.14. The second kappa shape index (κ2) is 7.21. The van der Waals surface area contributed by atoms with Gasteiger partial charge in [0, 0.05) is 13.1 Å². The minimum atomic E-state index is -0.202. The van der Waals surface area contributed by atoms with Crippen molar-refractivity contribution in [2.45, 2.75) is 19.8 Å². The van der Waals surface area contributed by atoms with Crippen LogP contribution in [0.2, 0.25) is 0 Å². The van der Waals surface area contributed by atoms with Gasteiger partial charge in [-0.2, -0.15) is 0 Å². The van der Waals surface area contributed by atoms with Gasteiger partial charge in [-0.3, -0.25) is 5.32 Å². The molecule has 0 radical (unpaired) electrons. The minimum Gasteiger partial charge on any atom is -0.395 e. The third kappa shape index (κ3) is 3.68. The van der Waals surface area contributed by atoms with E-state index in [4.69, 9.17) is 5.11 Å². The third-order valence-electron chi connectivity index (χ3n) is 2.95. The summed E-state index contributed by atoms with van der Waals surface area (Å²) in [6.45, 7) is 3.03. The van der Waals surface area contributed by atoms with Crippen LogP contribution in [0.25, 0.3) is 10.2 Å². The number of fused-ring (bicyclic) bond motifs is 1. The maximum absolute atomic E-state index is 12.2. The first kappa shape index (κ1) is 14.7. The molecule has 0 aliphatic rings. The number of unbranched alkanes of at least 4 members (excludes halogenated alkanes) is 1. The molecule has 1 aromatic heterocycles. The highest BCUT2D eigenvalue weighted by atomic mass is 32.1. The molecule has 0 aliphatic heterocycles. The number of aromatic nitrogens is 1. The number of aliphatic hydroxyl groups excluding tert-OH is 1. The van der Waals surface area contributed by atoms with Crippen molar-refractivity contribution in [3.63, 3.8) is 0 Å². The predicted octanol–water partition coefficient (Wildman–Crippen LogP) is 2.92. The Morgan fingerprint density at radius 3 is 2.90 bits per heavy atom. The van der Waals surface area contributed by atoms with Crippen molar-refractivity contribution >= 4 is 32.7 Å². The molecule has 2 aromatic rings. The highest BCUT2D eigenvalue weighted by molar-refractivity contribution is 7.22. The number of anilines is 1. The normalized spacial score (nSPS) is 10.7. The second-order valence-corrected chi connectivity index (χ2v) is 5.51. The van der Waals surface area contributed by atoms with Crippen molar-refractivity contribution in [1.29, 1.82) is 0 Å². The molecular weight excluding hydrogens is 274 g/mol. The Morgan fingerprint density at radius 2 is 2.20 bits per heavy atom. The largest absolute Gasteiger partial charge is 0.395 e. The highest BCUT2D eigenvalue weighted by Crippen LogP contribution is 2.25. The van der Waals surface area contributed by atoms with Gasteiger partial charge in [-0.15, -0.1) is 0 Å². The number of carbonyl (C=O) groups excluding carboxylic acids is 1. The van der Waals surface area contributed by atoms with Crippen LogP contribution in [-0.4, -0.2) is 40.7 Å². The lowest BCUT2D eigenvalue weighted by Crippen LogP contribution is -2.37. The van der Waals surface area contributed by atoms with Crippen LogP contribution < -0.4 is 5.32 Å². The van der Waals surface area contributed by atoms with Gasteiger partial charge in [-0.25, -0.2) is 9.78 Å². The van der Waals surface area contributed by atoms with E-state index in [-0.39, 0.29) is 12.6 Å². The number of amides is 2. The van der Waals surface area contributed by atoms with Crippen molar-refractivity contribution < 1.29 is 9.90 Å². The van der Waals surface area contributed by atoms with Crippen LogP contribution in [-0.2, 0) is 0 Å². The Hall–Kier alpha value is -1.66. The van der Waals surface area contributed by atoms with Crippen molar-refractivity contribution in [2.75, 3.05) is 25.0 Å². The van der Waals surface area contributed by atoms with Crippen LogP contribution in [0.15, 0.2) is 24.3 Å². The van der Waals surface area contributed by atoms with Crippen LogP contribution >= 0.6 is 11.3 Å². The van der Waals surface area contributed by atoms with Crippen molar-refractivity contribution in [3.05, 3.63) is 24.3 Å². The van der Waals surface area contributed by atoms with E-state index in [1.165, 1.54) is 11.3 Å². The standard InChI is InChI=1S/C14H19N3O2S/c1-2-3-8-17(9-10-18)14(19)16-13-15-11-6-4-5-7-12(11)20-13/h4-7,18H,2-3,8-10H2,1H3,(H,15,16,19). The van der Waals surface area contributed by atoms with E-state index in [2.05, 4.69) is 17.2 Å². The van der Waals surface area contributed by atoms with Crippen molar-refractivity contribution in [1.82, 2.24) is 9.88 Å². The molecule has 0 spiro atoms. The SMILES string of the molecule is CCCCN(CCO)C(=O)Nc1nc2ccccc2s1. The van der Waals surface area contributed by atoms with E-state index in [9.17, 15) is 4.79 Å². The molecule has 0 aliphatic carbocycles. The van der Waals surface area contributed by atoms with Gasteiger partial charge in [-0.1, -0.05) is 36.8 Å². The molecule has 0 saturated heterocycles. The van der Waals surface area contributed by atoms with Gasteiger partial charge in [0.2, 0.25) is 0 Å². The molecule has 0 unspecified atom stereocenters. The summed E-state index contributed by atoms with van der Waals surface area (Å²) in [7, 11) is 0. The maximum Gasteiger partial charge on any atom is 0.323 e. The van der Waals surface area contributed by atoms with E-state index in [1.807, 2.05) is 24.3 Å². The Kier molecular flexibility index (Phi) is 5.31. The summed E-state index contributed by atoms with van der Waals surface area (Å²) in [6, 6.07) is 7.57. The number of urea groups is 1. The number of hydrogen-bond acceptors (Lipinski definition) is 4. The zero-order valence-electron chi connectivity index (χ0n) is 11.5. The first-order valence-corrected chi connectivity index (χ1v) is 7.58. The van der Waals surface area contributed by atoms with Gasteiger partial charge in [0.1, 0.15) is 0 Å². The fourth-order valence-electron chi connectivity index (χ4n) is 1.88. The molecule has 2 rings (SSSR count). The monoisotopic (exact) mass is 293 g/mol. The Bertz CT molecular complexity index is 537. The Morgan fingerprint density at radius 1 is 1.40 bits per heavy atom. The second-order valence-electron chi connectivity index (χ2n) is 4.48. The number of carbonyl (C=O) groups is 1. The lowest BCUT2D eigenvalue weighted by atomic mass is 10.3. The van der Waals surface area contributed by atoms with E-state index in [0.29, 0.717) is 18.2 Å². The summed E-state index contributed by atoms with van der Waals surface area (Å²) < 4.78 is 1.05. The molecule has 0 saturated carbocycles. The van der Waals surface area contributed by atoms with Crippen LogP contribution in [0.5, 0.6) is 0 Å². The van der Waals surface area contributed by atoms with E-state index in [1.54, 1.807) is 4.90 Å². The summed E-state index contributed by atoms with van der Waals surface area (Å²) in [6.07, 6.45) is 1.93. The number of hydrogen-bond donors (Lipinski definition) is 2. The predicted molar refractivity (Wildman–Crippen MR) is 82.2 cm³/mol. The van der Waals surface area contributed by atoms with Crippen LogP contribution in [0.4, 0.5) is 9.93 Å². The number of rotatable bonds is 6. The number of para-hydroxylation sites is 1. The molecule has 1 heterocycles. The smallest absolute Gasteiger partial charge is 0.323 e. The minimum absolute atomic E-state index is 0.0308. The molecular formula is C14H19N3O2S. The Balaban J connectivity index is 2.04. The van der Waals surface area contributed by atoms with Crippen molar-refractivity contribution in [3.8, 4) is 0 Å². The van der Waals surface area contributed by atoms with Gasteiger partial charge in [0.05, 0.1) is 16.8 Å². The maximum atomic E-state index is 12.2. The number of nitrogens with one attached hydrogen (secondary N) is 1. The molecule has 108 valence electrons. The number of thiazole rings is 1. The van der Waals surface area contributed by atoms with Gasteiger partial charge in [0.25, 0.3) is 0 Å². The molecule has 1 aromatic carbocycles. The topological polar surface area (TPSA) is 65.5 Å². The summed E-state index contributed by atoms with van der Waals surface area (Å²) in [5, 5.41) is 12.4. The molecule has 5 nitrogen and oxygen atoms in total. The molecule has 0 bridgehead atoms. The van der Waals surface area contributed by atoms with E-state index in [0.717, 1.165) is 23.1 Å². The Labute approximate surface area is 122 Å². The molecule has 2 N–H and O–H groups in total. The lowest BCUT2D eigenvalue weighted by molar-refractivity contribution is 0.187. The zero-order valence-corrected chi connectivity index (χ0v) is 12.3. The zero-order chi connectivity index (χ0) is 14.4. The molecule has 2 amide bonds. The summed E-state index contributed by atoms with van der Waals surface area (Å²) in [5.74, 6) is 0. The van der Waals surface area contributed by atoms with Crippen molar-refractivity contribution in [2.24, 2.45) is 0 Å². The summed E-state index contributed by atoms with van der Waals surface area (Å²) in [4.78, 5) is 18.1. The average Bonchev–Trinajstić information content (AvgIpc) is 2.85. The number of benzene rings is 1.